The summed E-state index contributed by atoms with van der Waals surface area (Å²) in [7, 11) is 0. The average Bonchev–Trinajstić information content (AvgIpc) is 3.88. The largest absolute Gasteiger partial charge is 0.491 e. The molecule has 2 aromatic heterocycles. The van der Waals surface area contributed by atoms with Gasteiger partial charge in [0.2, 0.25) is 5.79 Å². The Morgan fingerprint density at radius 3 is 2.22 bits per heavy atom. The number of nitrogens with zero attached hydrogens (tertiary/aromatic N) is 8. The Kier molecular flexibility index (Phi) is 9.65. The van der Waals surface area contributed by atoms with Gasteiger partial charge in [0, 0.05) is 48.1 Å². The van der Waals surface area contributed by atoms with Gasteiger partial charge in [-0.05, 0) is 74.5 Å². The van der Waals surface area contributed by atoms with Gasteiger partial charge in [-0.15, -0.1) is 0 Å². The lowest BCUT2D eigenvalue weighted by atomic mass is 10.1. The van der Waals surface area contributed by atoms with Gasteiger partial charge in [-0.3, -0.25) is 4.79 Å². The minimum Gasteiger partial charge on any atom is -0.491 e. The number of Topliss-reactive ketones (excluding diaryl/α,β-unsaturated/α-hetero) is 1. The number of ether oxygens (including phenoxy) is 3. The lowest BCUT2D eigenvalue weighted by Crippen LogP contribution is -2.46. The number of rotatable bonds is 11. The van der Waals surface area contributed by atoms with E-state index in [9.17, 15) is 9.59 Å². The molecule has 3 aromatic carbocycles. The van der Waals surface area contributed by atoms with Crippen LogP contribution in [0.15, 0.2) is 90.5 Å². The first-order valence-electron chi connectivity index (χ1n) is 16.3. The Morgan fingerprint density at radius 2 is 1.60 bits per heavy atom. The number of carbonyl (C=O) groups excluding carboxylic acids is 1. The molecule has 0 radical (unpaired) electrons. The predicted octanol–water partition coefficient (Wildman–Crippen LogP) is 4.76. The number of anilines is 2. The predicted molar refractivity (Wildman–Crippen MR) is 189 cm³/mol. The van der Waals surface area contributed by atoms with Crippen LogP contribution in [-0.2, 0) is 26.6 Å². The lowest BCUT2D eigenvalue weighted by Gasteiger charge is -2.37. The molecule has 4 heterocycles. The molecule has 2 saturated heterocycles. The van der Waals surface area contributed by atoms with Crippen LogP contribution in [0.1, 0.15) is 25.5 Å². The fourth-order valence-corrected chi connectivity index (χ4v) is 6.76. The Hall–Kier alpha value is -4.69. The molecule has 13 nitrogen and oxygen atoms in total. The minimum absolute atomic E-state index is 0.119. The molecule has 0 saturated carbocycles. The van der Waals surface area contributed by atoms with E-state index >= 15 is 0 Å². The lowest BCUT2D eigenvalue weighted by molar-refractivity contribution is -0.190. The van der Waals surface area contributed by atoms with Crippen molar-refractivity contribution in [3.05, 3.63) is 112 Å². The van der Waals surface area contributed by atoms with Crippen LogP contribution in [0.3, 0.4) is 0 Å². The molecule has 15 heteroatoms. The number of aromatic nitrogens is 6. The van der Waals surface area contributed by atoms with Crippen molar-refractivity contribution in [3.8, 4) is 11.4 Å². The van der Waals surface area contributed by atoms with Crippen molar-refractivity contribution < 1.29 is 19.0 Å². The second-order valence-corrected chi connectivity index (χ2v) is 13.2. The summed E-state index contributed by atoms with van der Waals surface area (Å²) >= 11 is 12.7. The first-order valence-corrected chi connectivity index (χ1v) is 17.0. The van der Waals surface area contributed by atoms with E-state index in [4.69, 9.17) is 37.4 Å². The van der Waals surface area contributed by atoms with Crippen LogP contribution in [-0.4, -0.2) is 80.4 Å². The summed E-state index contributed by atoms with van der Waals surface area (Å²) in [5.41, 5.74) is 3.22. The van der Waals surface area contributed by atoms with Crippen LogP contribution in [0.25, 0.3) is 5.69 Å². The summed E-state index contributed by atoms with van der Waals surface area (Å²) in [5.74, 6) is -0.558. The van der Waals surface area contributed by atoms with Crippen molar-refractivity contribution in [1.82, 2.24) is 29.1 Å². The highest BCUT2D eigenvalue weighted by Gasteiger charge is 2.45. The summed E-state index contributed by atoms with van der Waals surface area (Å²) in [4.78, 5) is 33.2. The van der Waals surface area contributed by atoms with Gasteiger partial charge in [-0.2, -0.15) is 10.2 Å². The SMILES string of the molecule is CC(=O)[C@H](C)n1ncn(-c2ccc(N3CCN(c4ccc(OC[C@H]5CO[C@](Cn6cncn6)(c6ccc(Cl)cc6Cl)O5)cc4)CC3)cc2)c1=O. The first kappa shape index (κ1) is 33.8. The standard InChI is InChI=1S/C35H36Cl2N8O5/c1-24(25(2)46)45-34(47)44(23-40-45)29-6-4-27(5-7-29)41-13-15-42(16-14-41)28-8-10-30(11-9-28)48-18-31-19-49-35(50-31,20-43-22-38-21-39-43)32-12-3-26(36)17-33(32)37/h3-12,17,21-24,31H,13-16,18-20H2,1-2H3/t24-,31-,35-/m0/s1. The molecule has 0 N–H and O–H groups in total. The highest BCUT2D eigenvalue weighted by Crippen LogP contribution is 2.40. The summed E-state index contributed by atoms with van der Waals surface area (Å²) in [5, 5.41) is 9.31. The Morgan fingerprint density at radius 1 is 0.940 bits per heavy atom. The number of piperazine rings is 1. The zero-order chi connectivity index (χ0) is 34.8. The number of benzene rings is 3. The van der Waals surface area contributed by atoms with Gasteiger partial charge in [0.1, 0.15) is 50.0 Å². The molecule has 2 fully saturated rings. The van der Waals surface area contributed by atoms with Crippen molar-refractivity contribution in [1.29, 1.82) is 0 Å². The molecule has 0 aliphatic carbocycles. The quantitative estimate of drug-likeness (QED) is 0.189. The van der Waals surface area contributed by atoms with Gasteiger partial charge in [0.15, 0.2) is 5.78 Å². The second-order valence-electron chi connectivity index (χ2n) is 12.3. The van der Waals surface area contributed by atoms with Crippen LogP contribution in [0, 0.1) is 0 Å². The van der Waals surface area contributed by atoms with E-state index in [1.54, 1.807) is 36.1 Å². The van der Waals surface area contributed by atoms with Crippen molar-refractivity contribution >= 4 is 40.4 Å². The van der Waals surface area contributed by atoms with Gasteiger partial charge in [0.05, 0.1) is 17.3 Å². The first-order chi connectivity index (χ1) is 24.2. The fraction of sp³-hybridized carbons (Fsp3) is 0.343. The highest BCUT2D eigenvalue weighted by atomic mass is 35.5. The second kappa shape index (κ2) is 14.3. The molecule has 2 aliphatic heterocycles. The molecule has 3 atom stereocenters. The maximum absolute atomic E-state index is 12.8. The number of hydrogen-bond acceptors (Lipinski definition) is 10. The molecule has 0 bridgehead atoms. The Balaban J connectivity index is 0.925. The number of halogens is 2. The molecule has 0 unspecified atom stereocenters. The Bertz CT molecular complexity index is 1990. The zero-order valence-corrected chi connectivity index (χ0v) is 29.1. The van der Waals surface area contributed by atoms with Gasteiger partial charge < -0.3 is 24.0 Å². The minimum atomic E-state index is -1.17. The van der Waals surface area contributed by atoms with Crippen LogP contribution >= 0.6 is 23.2 Å². The summed E-state index contributed by atoms with van der Waals surface area (Å²) in [6.45, 7) is 7.37. The molecule has 5 aromatic rings. The van der Waals surface area contributed by atoms with E-state index < -0.39 is 11.8 Å². The molecule has 0 amide bonds. The molecular weight excluding hydrogens is 683 g/mol. The van der Waals surface area contributed by atoms with Crippen molar-refractivity contribution in [2.24, 2.45) is 0 Å². The average molecular weight is 720 g/mol. The third kappa shape index (κ3) is 6.99. The van der Waals surface area contributed by atoms with Gasteiger partial charge in [-0.25, -0.2) is 23.7 Å². The summed E-state index contributed by atoms with van der Waals surface area (Å²) in [6, 6.07) is 20.5. The molecular formula is C35H36Cl2N8O5. The summed E-state index contributed by atoms with van der Waals surface area (Å²) in [6.07, 6.45) is 4.17. The van der Waals surface area contributed by atoms with E-state index in [0.717, 1.165) is 43.3 Å². The normalized spacial score (nSPS) is 19.9. The van der Waals surface area contributed by atoms with Gasteiger partial charge >= 0.3 is 5.69 Å². The fourth-order valence-electron chi connectivity index (χ4n) is 6.20. The number of ketones is 1. The zero-order valence-electron chi connectivity index (χ0n) is 27.6. The third-order valence-corrected chi connectivity index (χ3v) is 9.64. The monoisotopic (exact) mass is 718 g/mol. The van der Waals surface area contributed by atoms with E-state index in [-0.39, 0.29) is 30.7 Å². The maximum atomic E-state index is 12.8. The molecule has 260 valence electrons. The maximum Gasteiger partial charge on any atom is 0.351 e. The van der Waals surface area contributed by atoms with Crippen molar-refractivity contribution in [2.45, 2.75) is 38.3 Å². The van der Waals surface area contributed by atoms with Crippen molar-refractivity contribution in [2.75, 3.05) is 49.2 Å². The molecule has 2 aliphatic rings. The van der Waals surface area contributed by atoms with Crippen LogP contribution in [0.2, 0.25) is 10.0 Å². The van der Waals surface area contributed by atoms with Crippen LogP contribution in [0.4, 0.5) is 11.4 Å². The van der Waals surface area contributed by atoms with Crippen LogP contribution in [0.5, 0.6) is 5.75 Å². The van der Waals surface area contributed by atoms with Gasteiger partial charge in [-0.1, -0.05) is 29.3 Å². The molecule has 50 heavy (non-hydrogen) atoms. The van der Waals surface area contributed by atoms with E-state index in [1.165, 1.54) is 28.8 Å². The van der Waals surface area contributed by atoms with Crippen molar-refractivity contribution in [3.63, 3.8) is 0 Å². The topological polar surface area (TPSA) is 122 Å². The number of carbonyl (C=O) groups is 1. The van der Waals surface area contributed by atoms with Gasteiger partial charge in [0.25, 0.3) is 0 Å². The molecule has 7 rings (SSSR count). The highest BCUT2D eigenvalue weighted by molar-refractivity contribution is 6.35. The number of hydrogen-bond donors (Lipinski definition) is 0. The Labute approximate surface area is 298 Å². The van der Waals surface area contributed by atoms with E-state index in [2.05, 4.69) is 37.1 Å². The molecule has 0 spiro atoms. The summed E-state index contributed by atoms with van der Waals surface area (Å²) < 4.78 is 23.1. The third-order valence-electron chi connectivity index (χ3n) is 9.10. The van der Waals surface area contributed by atoms with E-state index in [1.807, 2.05) is 36.4 Å². The van der Waals surface area contributed by atoms with Crippen LogP contribution < -0.4 is 20.2 Å². The van der Waals surface area contributed by atoms with E-state index in [0.29, 0.717) is 27.9 Å². The smallest absolute Gasteiger partial charge is 0.351 e.